The first-order valence-electron chi connectivity index (χ1n) is 13.6. The zero-order valence-electron chi connectivity index (χ0n) is 23.7. The summed E-state index contributed by atoms with van der Waals surface area (Å²) in [6, 6.07) is 17.3. The summed E-state index contributed by atoms with van der Waals surface area (Å²) in [4.78, 5) is 46.2. The van der Waals surface area contributed by atoms with Gasteiger partial charge < -0.3 is 40.7 Å². The molecule has 2 unspecified atom stereocenters. The third kappa shape index (κ3) is 9.99. The monoisotopic (exact) mass is 616 g/mol. The zero-order valence-corrected chi connectivity index (χ0v) is 24.5. The number of hydrogen-bond acceptors (Lipinski definition) is 10. The average Bonchev–Trinajstić information content (AvgIpc) is 3.65. The Balaban J connectivity index is 0.000000359. The predicted molar refractivity (Wildman–Crippen MR) is 159 cm³/mol. The molecule has 3 aromatic rings. The second-order valence-electron chi connectivity index (χ2n) is 10.2. The fourth-order valence-electron chi connectivity index (χ4n) is 4.74. The number of benzene rings is 2. The van der Waals surface area contributed by atoms with Crippen LogP contribution in [0.15, 0.2) is 48.5 Å². The van der Waals surface area contributed by atoms with Crippen LogP contribution in [0.4, 0.5) is 5.69 Å². The number of nitrogens with zero attached hydrogens (tertiary/aromatic N) is 3. The average molecular weight is 617 g/mol. The Morgan fingerprint density at radius 1 is 0.930 bits per heavy atom. The molecule has 0 bridgehead atoms. The number of rotatable bonds is 6. The Bertz CT molecular complexity index is 1330. The van der Waals surface area contributed by atoms with Crippen molar-refractivity contribution in [1.82, 2.24) is 9.88 Å². The van der Waals surface area contributed by atoms with Gasteiger partial charge in [0.15, 0.2) is 0 Å². The molecule has 2 atom stereocenters. The second-order valence-corrected chi connectivity index (χ2v) is 11.3. The maximum Gasteiger partial charge on any atom is 0.414 e. The lowest BCUT2D eigenvalue weighted by Gasteiger charge is -2.31. The third-order valence-electron chi connectivity index (χ3n) is 7.05. The molecule has 0 radical (unpaired) electrons. The standard InChI is InChI=1S/C25H32N4OS.2C2H2O4/c1-28-12-10-21(11-13-28)30-24(25-27-22-7-2-3-8-23(22)31-25)19-5-4-6-20(15-19)29-14-9-18(16-26)17-29;2*3-1(4)2(5)6/h2-8,15,18,21,24H,9-14,16-17,26H2,1H3;2*(H,3,4)(H,5,6). The number of aliphatic carboxylic acids is 4. The predicted octanol–water partition coefficient (Wildman–Crippen LogP) is 2.59. The van der Waals surface area contributed by atoms with Crippen molar-refractivity contribution >= 4 is 51.1 Å². The van der Waals surface area contributed by atoms with E-state index in [-0.39, 0.29) is 12.2 Å². The van der Waals surface area contributed by atoms with Gasteiger partial charge >= 0.3 is 23.9 Å². The number of carboxylic acids is 4. The van der Waals surface area contributed by atoms with Gasteiger partial charge in [0.1, 0.15) is 11.1 Å². The van der Waals surface area contributed by atoms with Crippen molar-refractivity contribution in [2.24, 2.45) is 11.7 Å². The van der Waals surface area contributed by atoms with Crippen molar-refractivity contribution in [1.29, 1.82) is 0 Å². The van der Waals surface area contributed by atoms with Crippen LogP contribution in [0.3, 0.4) is 0 Å². The van der Waals surface area contributed by atoms with Crippen LogP contribution in [0.1, 0.15) is 35.9 Å². The molecule has 2 aliphatic heterocycles. The molecule has 14 heteroatoms. The number of likely N-dealkylation sites (tertiary alicyclic amines) is 1. The summed E-state index contributed by atoms with van der Waals surface area (Å²) in [5, 5.41) is 30.6. The van der Waals surface area contributed by atoms with Crippen LogP contribution < -0.4 is 10.6 Å². The number of hydrogen-bond donors (Lipinski definition) is 5. The molecule has 0 saturated carbocycles. The normalized spacial score (nSPS) is 17.7. The van der Waals surface area contributed by atoms with E-state index in [0.29, 0.717) is 5.92 Å². The number of anilines is 1. The molecule has 2 fully saturated rings. The van der Waals surface area contributed by atoms with Crippen molar-refractivity contribution in [3.05, 3.63) is 59.1 Å². The minimum absolute atomic E-state index is 0.126. The fourth-order valence-corrected chi connectivity index (χ4v) is 5.77. The highest BCUT2D eigenvalue weighted by Gasteiger charge is 2.27. The van der Waals surface area contributed by atoms with Gasteiger partial charge in [-0.3, -0.25) is 0 Å². The summed E-state index contributed by atoms with van der Waals surface area (Å²) < 4.78 is 8.00. The largest absolute Gasteiger partial charge is 0.473 e. The van der Waals surface area contributed by atoms with Crippen LogP contribution in [0.2, 0.25) is 0 Å². The molecule has 1 aromatic heterocycles. The molecular formula is C29H36N4O9S. The molecule has 0 amide bonds. The van der Waals surface area contributed by atoms with Crippen molar-refractivity contribution in [3.8, 4) is 0 Å². The van der Waals surface area contributed by atoms with Gasteiger partial charge in [-0.25, -0.2) is 24.2 Å². The summed E-state index contributed by atoms with van der Waals surface area (Å²) in [7, 11) is 2.19. The van der Waals surface area contributed by atoms with Crippen molar-refractivity contribution in [3.63, 3.8) is 0 Å². The molecule has 5 rings (SSSR count). The number of carboxylic acid groups (broad SMARTS) is 4. The second kappa shape index (κ2) is 15.9. The molecule has 2 aliphatic rings. The van der Waals surface area contributed by atoms with E-state index in [1.807, 2.05) is 0 Å². The SMILES string of the molecule is CN1CCC(OC(c2cccc(N3CCC(CN)C3)c2)c2nc3ccccc3s2)CC1.O=C(O)C(=O)O.O=C(O)C(=O)O. The molecule has 13 nitrogen and oxygen atoms in total. The van der Waals surface area contributed by atoms with Gasteiger partial charge in [0.05, 0.1) is 16.3 Å². The lowest BCUT2D eigenvalue weighted by molar-refractivity contribution is -0.159. The quantitative estimate of drug-likeness (QED) is 0.253. The molecule has 2 aromatic carbocycles. The third-order valence-corrected chi connectivity index (χ3v) is 8.13. The molecule has 43 heavy (non-hydrogen) atoms. The Kier molecular flexibility index (Phi) is 12.4. The summed E-state index contributed by atoms with van der Waals surface area (Å²) >= 11 is 1.75. The fraction of sp³-hybridized carbons (Fsp3) is 0.414. The van der Waals surface area contributed by atoms with Crippen molar-refractivity contribution in [2.75, 3.05) is 44.7 Å². The van der Waals surface area contributed by atoms with Gasteiger partial charge in [0.2, 0.25) is 0 Å². The van der Waals surface area contributed by atoms with Gasteiger partial charge in [0, 0.05) is 31.9 Å². The van der Waals surface area contributed by atoms with Crippen molar-refractivity contribution in [2.45, 2.75) is 31.5 Å². The zero-order chi connectivity index (χ0) is 31.5. The molecule has 232 valence electrons. The molecule has 6 N–H and O–H groups in total. The molecule has 2 saturated heterocycles. The van der Waals surface area contributed by atoms with Gasteiger partial charge in [-0.15, -0.1) is 11.3 Å². The Labute approximate surface area is 252 Å². The first kappa shape index (κ1) is 33.4. The molecule has 0 aliphatic carbocycles. The smallest absolute Gasteiger partial charge is 0.414 e. The van der Waals surface area contributed by atoms with Crippen LogP contribution in [0.5, 0.6) is 0 Å². The molecular weight excluding hydrogens is 580 g/mol. The van der Waals surface area contributed by atoms with Crippen LogP contribution in [0.25, 0.3) is 10.2 Å². The van der Waals surface area contributed by atoms with Gasteiger partial charge in [-0.05, 0) is 68.6 Å². The van der Waals surface area contributed by atoms with Crippen LogP contribution >= 0.6 is 11.3 Å². The Hall–Kier alpha value is -4.11. The van der Waals surface area contributed by atoms with Gasteiger partial charge in [0.25, 0.3) is 0 Å². The Morgan fingerprint density at radius 3 is 2.12 bits per heavy atom. The van der Waals surface area contributed by atoms with Crippen LogP contribution in [0, 0.1) is 5.92 Å². The summed E-state index contributed by atoms with van der Waals surface area (Å²) in [5.74, 6) is -6.70. The molecule has 0 spiro atoms. The highest BCUT2D eigenvalue weighted by atomic mass is 32.1. The van der Waals surface area contributed by atoms with E-state index in [9.17, 15) is 0 Å². The van der Waals surface area contributed by atoms with Crippen molar-refractivity contribution < 1.29 is 44.3 Å². The topological polar surface area (TPSA) is 204 Å². The summed E-state index contributed by atoms with van der Waals surface area (Å²) in [6.45, 7) is 5.06. The maximum absolute atomic E-state index is 9.10. The Morgan fingerprint density at radius 2 is 1.56 bits per heavy atom. The van der Waals surface area contributed by atoms with E-state index in [1.165, 1.54) is 22.4 Å². The number of aromatic nitrogens is 1. The van der Waals surface area contributed by atoms with E-state index in [4.69, 9.17) is 55.1 Å². The van der Waals surface area contributed by atoms with E-state index in [2.05, 4.69) is 65.4 Å². The maximum atomic E-state index is 9.10. The minimum atomic E-state index is -1.82. The van der Waals surface area contributed by atoms with E-state index >= 15 is 0 Å². The van der Waals surface area contributed by atoms with Gasteiger partial charge in [-0.2, -0.15) is 0 Å². The highest BCUT2D eigenvalue weighted by Crippen LogP contribution is 2.36. The highest BCUT2D eigenvalue weighted by molar-refractivity contribution is 7.18. The lowest BCUT2D eigenvalue weighted by atomic mass is 10.1. The van der Waals surface area contributed by atoms with E-state index in [0.717, 1.165) is 56.1 Å². The van der Waals surface area contributed by atoms with Crippen LogP contribution in [-0.4, -0.2) is 100 Å². The summed E-state index contributed by atoms with van der Waals surface area (Å²) in [5.41, 5.74) is 9.45. The summed E-state index contributed by atoms with van der Waals surface area (Å²) in [6.07, 6.45) is 3.46. The first-order valence-corrected chi connectivity index (χ1v) is 14.5. The number of carbonyl (C=O) groups is 4. The first-order chi connectivity index (χ1) is 20.5. The number of fused-ring (bicyclic) bond motifs is 1. The molecule has 3 heterocycles. The van der Waals surface area contributed by atoms with E-state index in [1.54, 1.807) is 11.3 Å². The number of nitrogens with two attached hydrogens (primary N) is 1. The number of para-hydroxylation sites is 1. The van der Waals surface area contributed by atoms with Gasteiger partial charge in [-0.1, -0.05) is 24.3 Å². The minimum Gasteiger partial charge on any atom is -0.473 e. The number of piperidine rings is 1. The number of thiazole rings is 1. The lowest BCUT2D eigenvalue weighted by Crippen LogP contribution is -2.35. The van der Waals surface area contributed by atoms with Crippen LogP contribution in [-0.2, 0) is 23.9 Å². The van der Waals surface area contributed by atoms with E-state index < -0.39 is 23.9 Å². The number of ether oxygens (including phenoxy) is 1.